The first-order valence-corrected chi connectivity index (χ1v) is 16.4. The zero-order valence-electron chi connectivity index (χ0n) is 21.7. The molecule has 4 aliphatic carbocycles. The number of hydrogen-bond acceptors (Lipinski definition) is 5. The van der Waals surface area contributed by atoms with Gasteiger partial charge in [0.15, 0.2) is 0 Å². The Hall–Kier alpha value is 0.580. The van der Waals surface area contributed by atoms with Gasteiger partial charge in [0.05, 0.1) is 6.10 Å². The van der Waals surface area contributed by atoms with Crippen molar-refractivity contribution in [3.8, 4) is 0 Å². The molecule has 10 atom stereocenters. The molecule has 33 heavy (non-hydrogen) atoms. The summed E-state index contributed by atoms with van der Waals surface area (Å²) in [5.41, 5.74) is 0. The van der Waals surface area contributed by atoms with Crippen molar-refractivity contribution in [1.82, 2.24) is 5.32 Å². The van der Waals surface area contributed by atoms with E-state index in [-0.39, 0.29) is 12.3 Å². The summed E-state index contributed by atoms with van der Waals surface area (Å²) in [4.78, 5) is 0. The standard InChI is InChI=1S/C28H51NO2S2/c1-18(5-14-27(31)29-15-16-32-33-28(2,3)4)21-10-11-26-23(21)12-13-24-22-9-7-20(30)17-19(22)6-8-25(24)26/h18-27,29-31H,5-17H2,1-4H3/t18-,19?,20-,21-,22?,23?,24?,25?,26?,27?/m1/s1. The van der Waals surface area contributed by atoms with Crippen LogP contribution in [0.4, 0.5) is 0 Å². The van der Waals surface area contributed by atoms with Crippen LogP contribution in [0.2, 0.25) is 0 Å². The molecule has 0 radical (unpaired) electrons. The van der Waals surface area contributed by atoms with Gasteiger partial charge in [0, 0.05) is 17.0 Å². The van der Waals surface area contributed by atoms with Gasteiger partial charge in [0.25, 0.3) is 0 Å². The van der Waals surface area contributed by atoms with Crippen LogP contribution in [0.3, 0.4) is 0 Å². The number of aliphatic hydroxyl groups excluding tert-OH is 2. The van der Waals surface area contributed by atoms with E-state index < -0.39 is 0 Å². The molecule has 0 aliphatic heterocycles. The molecule has 5 heteroatoms. The van der Waals surface area contributed by atoms with Gasteiger partial charge < -0.3 is 10.2 Å². The van der Waals surface area contributed by atoms with Crippen molar-refractivity contribution in [3.63, 3.8) is 0 Å². The molecule has 0 spiro atoms. The number of hydrogen-bond donors (Lipinski definition) is 3. The molecular weight excluding hydrogens is 446 g/mol. The molecule has 192 valence electrons. The highest BCUT2D eigenvalue weighted by Gasteiger charge is 2.52. The van der Waals surface area contributed by atoms with Crippen LogP contribution in [-0.4, -0.2) is 39.6 Å². The summed E-state index contributed by atoms with van der Waals surface area (Å²) in [7, 11) is 3.83. The Morgan fingerprint density at radius 1 is 0.848 bits per heavy atom. The Kier molecular flexibility index (Phi) is 9.49. The van der Waals surface area contributed by atoms with E-state index in [1.165, 1.54) is 44.9 Å². The largest absolute Gasteiger partial charge is 0.393 e. The first-order valence-electron chi connectivity index (χ1n) is 14.1. The summed E-state index contributed by atoms with van der Waals surface area (Å²) in [5.74, 6) is 8.28. The normalized spacial score (nSPS) is 40.5. The van der Waals surface area contributed by atoms with Gasteiger partial charge in [-0.2, -0.15) is 0 Å². The van der Waals surface area contributed by atoms with Crippen molar-refractivity contribution in [1.29, 1.82) is 0 Å². The fourth-order valence-electron chi connectivity index (χ4n) is 8.46. The lowest BCUT2D eigenvalue weighted by Crippen LogP contribution is -2.46. The second-order valence-corrected chi connectivity index (χ2v) is 16.2. The minimum absolute atomic E-state index is 0.0122. The molecular formula is C28H51NO2S2. The summed E-state index contributed by atoms with van der Waals surface area (Å²) >= 11 is 0. The Morgan fingerprint density at radius 3 is 2.27 bits per heavy atom. The van der Waals surface area contributed by atoms with E-state index in [1.807, 2.05) is 21.6 Å². The van der Waals surface area contributed by atoms with Gasteiger partial charge in [-0.15, -0.1) is 0 Å². The van der Waals surface area contributed by atoms with Gasteiger partial charge >= 0.3 is 0 Å². The molecule has 0 heterocycles. The topological polar surface area (TPSA) is 52.5 Å². The third-order valence-corrected chi connectivity index (χ3v) is 13.1. The van der Waals surface area contributed by atoms with Crippen LogP contribution in [0.1, 0.15) is 98.3 Å². The van der Waals surface area contributed by atoms with Gasteiger partial charge in [-0.25, -0.2) is 0 Å². The average molecular weight is 498 g/mol. The van der Waals surface area contributed by atoms with Gasteiger partial charge in [-0.05, 0) is 118 Å². The maximum atomic E-state index is 10.5. The number of nitrogens with one attached hydrogen (secondary N) is 1. The summed E-state index contributed by atoms with van der Waals surface area (Å²) in [5, 5.41) is 24.0. The van der Waals surface area contributed by atoms with E-state index in [4.69, 9.17) is 0 Å². The van der Waals surface area contributed by atoms with Crippen LogP contribution >= 0.6 is 21.6 Å². The van der Waals surface area contributed by atoms with Crippen molar-refractivity contribution in [2.75, 3.05) is 12.3 Å². The van der Waals surface area contributed by atoms with E-state index in [0.29, 0.717) is 4.75 Å². The monoisotopic (exact) mass is 497 g/mol. The molecule has 4 rings (SSSR count). The first-order chi connectivity index (χ1) is 15.7. The van der Waals surface area contributed by atoms with Crippen molar-refractivity contribution >= 4 is 21.6 Å². The highest BCUT2D eigenvalue weighted by molar-refractivity contribution is 8.77. The minimum Gasteiger partial charge on any atom is -0.393 e. The predicted octanol–water partition coefficient (Wildman–Crippen LogP) is 6.73. The van der Waals surface area contributed by atoms with Crippen LogP contribution in [0.15, 0.2) is 0 Å². The lowest BCUT2D eigenvalue weighted by Gasteiger charge is -2.53. The molecule has 3 N–H and O–H groups in total. The number of aliphatic hydroxyl groups is 2. The molecule has 4 saturated carbocycles. The van der Waals surface area contributed by atoms with Crippen molar-refractivity contribution < 1.29 is 10.2 Å². The highest BCUT2D eigenvalue weighted by atomic mass is 33.1. The zero-order valence-corrected chi connectivity index (χ0v) is 23.3. The van der Waals surface area contributed by atoms with Gasteiger partial charge in [-0.3, -0.25) is 5.32 Å². The van der Waals surface area contributed by atoms with E-state index in [2.05, 4.69) is 33.0 Å². The third kappa shape index (κ3) is 6.87. The fraction of sp³-hybridized carbons (Fsp3) is 1.00. The van der Waals surface area contributed by atoms with E-state index in [0.717, 1.165) is 85.3 Å². The molecule has 0 saturated heterocycles. The molecule has 7 unspecified atom stereocenters. The minimum atomic E-state index is -0.349. The van der Waals surface area contributed by atoms with Crippen molar-refractivity contribution in [3.05, 3.63) is 0 Å². The summed E-state index contributed by atoms with van der Waals surface area (Å²) in [6.07, 6.45) is 13.8. The molecule has 4 fully saturated rings. The quantitative estimate of drug-likeness (QED) is 0.187. The molecule has 3 nitrogen and oxygen atoms in total. The van der Waals surface area contributed by atoms with Crippen LogP contribution in [-0.2, 0) is 0 Å². The Bertz CT molecular complexity index is 611. The highest BCUT2D eigenvalue weighted by Crippen LogP contribution is 2.60. The van der Waals surface area contributed by atoms with E-state index in [1.54, 1.807) is 0 Å². The van der Waals surface area contributed by atoms with Crippen molar-refractivity contribution in [2.45, 2.75) is 115 Å². The van der Waals surface area contributed by atoms with Crippen molar-refractivity contribution in [2.24, 2.45) is 47.3 Å². The molecule has 0 amide bonds. The third-order valence-electron chi connectivity index (χ3n) is 9.80. The zero-order chi connectivity index (χ0) is 23.6. The summed E-state index contributed by atoms with van der Waals surface area (Å²) in [6.45, 7) is 10.1. The van der Waals surface area contributed by atoms with Gasteiger partial charge in [0.1, 0.15) is 6.23 Å². The molecule has 0 aromatic rings. The lowest BCUT2D eigenvalue weighted by atomic mass is 9.53. The molecule has 0 aromatic heterocycles. The SMILES string of the molecule is C[C@H](CCC(O)NCCSSC(C)(C)C)[C@H]1CCC2C3CCC4C[C@H](O)CCC4C3CCC21. The summed E-state index contributed by atoms with van der Waals surface area (Å²) < 4.78 is 0.301. The molecule has 4 aliphatic rings. The van der Waals surface area contributed by atoms with Crippen LogP contribution in [0.25, 0.3) is 0 Å². The average Bonchev–Trinajstić information content (AvgIpc) is 3.20. The predicted molar refractivity (Wildman–Crippen MR) is 144 cm³/mol. The second-order valence-electron chi connectivity index (χ2n) is 13.0. The fourth-order valence-corrected chi connectivity index (χ4v) is 10.7. The van der Waals surface area contributed by atoms with Gasteiger partial charge in [-0.1, -0.05) is 49.3 Å². The van der Waals surface area contributed by atoms with Gasteiger partial charge in [0.2, 0.25) is 0 Å². The Morgan fingerprint density at radius 2 is 1.48 bits per heavy atom. The maximum absolute atomic E-state index is 10.5. The molecule has 0 aromatic carbocycles. The van der Waals surface area contributed by atoms with E-state index >= 15 is 0 Å². The van der Waals surface area contributed by atoms with Crippen LogP contribution < -0.4 is 5.32 Å². The maximum Gasteiger partial charge on any atom is 0.104 e. The van der Waals surface area contributed by atoms with Crippen LogP contribution in [0.5, 0.6) is 0 Å². The summed E-state index contributed by atoms with van der Waals surface area (Å²) in [6, 6.07) is 0. The Labute approximate surface area is 211 Å². The number of rotatable bonds is 9. The second kappa shape index (κ2) is 11.8. The number of fused-ring (bicyclic) bond motifs is 5. The van der Waals surface area contributed by atoms with E-state index in [9.17, 15) is 10.2 Å². The lowest BCUT2D eigenvalue weighted by molar-refractivity contribution is -0.0521. The van der Waals surface area contributed by atoms with Crippen LogP contribution in [0, 0.1) is 47.3 Å². The smallest absolute Gasteiger partial charge is 0.104 e. The Balaban J connectivity index is 1.19. The first kappa shape index (κ1) is 26.6. The molecule has 0 bridgehead atoms.